The molecule has 1 aromatic rings. The van der Waals surface area contributed by atoms with E-state index in [0.717, 1.165) is 11.3 Å². The van der Waals surface area contributed by atoms with Crippen LogP contribution in [0.25, 0.3) is 0 Å². The summed E-state index contributed by atoms with van der Waals surface area (Å²) in [6.07, 6.45) is 3.15. The van der Waals surface area contributed by atoms with E-state index in [1.54, 1.807) is 0 Å². The molecule has 0 aliphatic carbocycles. The molecule has 0 aliphatic heterocycles. The van der Waals surface area contributed by atoms with Gasteiger partial charge in [-0.3, -0.25) is 4.68 Å². The van der Waals surface area contributed by atoms with E-state index in [9.17, 15) is 0 Å². The number of rotatable bonds is 1. The van der Waals surface area contributed by atoms with E-state index in [4.69, 9.17) is 0 Å². The van der Waals surface area contributed by atoms with Crippen LogP contribution >= 0.6 is 0 Å². The highest BCUT2D eigenvalue weighted by Gasteiger charge is 2.02. The van der Waals surface area contributed by atoms with Crippen LogP contribution in [0.3, 0.4) is 0 Å². The van der Waals surface area contributed by atoms with Crippen molar-refractivity contribution in [3.63, 3.8) is 0 Å². The minimum absolute atomic E-state index is 0.424. The predicted molar refractivity (Wildman–Crippen MR) is 40.9 cm³/mol. The monoisotopic (exact) mass is 137 g/mol. The average molecular weight is 137 g/mol. The average Bonchev–Trinajstić information content (AvgIpc) is 2.13. The van der Waals surface area contributed by atoms with Crippen LogP contribution in [0, 0.1) is 20.0 Å². The number of aryl methyl sites for hydroxylation is 2. The lowest BCUT2D eigenvalue weighted by atomic mass is 10.3. The van der Waals surface area contributed by atoms with Gasteiger partial charge >= 0.3 is 0 Å². The molecule has 1 rings (SSSR count). The third-order valence-corrected chi connectivity index (χ3v) is 1.57. The fraction of sp³-hybridized carbons (Fsp3) is 0.625. The lowest BCUT2D eigenvalue weighted by molar-refractivity contribution is 0.525. The van der Waals surface area contributed by atoms with Gasteiger partial charge in [-0.05, 0) is 33.3 Å². The summed E-state index contributed by atoms with van der Waals surface area (Å²) in [7, 11) is 0. The molecule has 0 aromatic carbocycles. The molecule has 1 aromatic heterocycles. The van der Waals surface area contributed by atoms with Crippen LogP contribution in [-0.4, -0.2) is 9.78 Å². The molecule has 0 bridgehead atoms. The van der Waals surface area contributed by atoms with Crippen LogP contribution in [0.5, 0.6) is 0 Å². The van der Waals surface area contributed by atoms with Gasteiger partial charge in [0.25, 0.3) is 0 Å². The molecule has 0 spiro atoms. The van der Waals surface area contributed by atoms with Gasteiger partial charge < -0.3 is 0 Å². The third kappa shape index (κ3) is 1.20. The van der Waals surface area contributed by atoms with Crippen molar-refractivity contribution in [2.24, 2.45) is 0 Å². The fourth-order valence-electron chi connectivity index (χ4n) is 0.759. The van der Waals surface area contributed by atoms with Crippen LogP contribution in [-0.2, 0) is 0 Å². The summed E-state index contributed by atoms with van der Waals surface area (Å²) < 4.78 is 1.87. The van der Waals surface area contributed by atoms with Crippen molar-refractivity contribution in [1.82, 2.24) is 9.78 Å². The van der Waals surface area contributed by atoms with Crippen LogP contribution in [0.4, 0.5) is 0 Å². The van der Waals surface area contributed by atoms with Gasteiger partial charge in [0.1, 0.15) is 0 Å². The van der Waals surface area contributed by atoms with Crippen molar-refractivity contribution in [1.29, 1.82) is 0 Å². The second-order valence-corrected chi connectivity index (χ2v) is 2.86. The highest BCUT2D eigenvalue weighted by molar-refractivity contribution is 5.11. The van der Waals surface area contributed by atoms with Crippen LogP contribution < -0.4 is 0 Å². The fourth-order valence-corrected chi connectivity index (χ4v) is 0.759. The van der Waals surface area contributed by atoms with Crippen molar-refractivity contribution in [3.05, 3.63) is 17.5 Å². The Kier molecular flexibility index (Phi) is 1.79. The summed E-state index contributed by atoms with van der Waals surface area (Å²) in [6.45, 7) is 8.23. The molecule has 0 atom stereocenters. The van der Waals surface area contributed by atoms with E-state index in [2.05, 4.69) is 25.1 Å². The predicted octanol–water partition coefficient (Wildman–Crippen LogP) is 1.88. The molecule has 0 amide bonds. The minimum Gasteiger partial charge on any atom is -0.260 e. The van der Waals surface area contributed by atoms with Crippen molar-refractivity contribution in [3.8, 4) is 0 Å². The van der Waals surface area contributed by atoms with Crippen molar-refractivity contribution < 1.29 is 0 Å². The van der Waals surface area contributed by atoms with Gasteiger partial charge in [-0.2, -0.15) is 5.10 Å². The van der Waals surface area contributed by atoms with Crippen molar-refractivity contribution >= 4 is 0 Å². The normalized spacial score (nSPS) is 10.9. The van der Waals surface area contributed by atoms with E-state index < -0.39 is 0 Å². The Balaban J connectivity index is 2.98. The summed E-state index contributed by atoms with van der Waals surface area (Å²) in [5.41, 5.74) is 2.22. The van der Waals surface area contributed by atoms with Crippen molar-refractivity contribution in [2.45, 2.75) is 33.7 Å². The molecule has 0 fully saturated rings. The Labute approximate surface area is 61.9 Å². The zero-order valence-electron chi connectivity index (χ0n) is 6.97. The molecule has 0 N–H and O–H groups in total. The summed E-state index contributed by atoms with van der Waals surface area (Å²) in [4.78, 5) is 0. The first-order valence-electron chi connectivity index (χ1n) is 3.56. The molecular formula is C8H13N2. The Hall–Kier alpha value is -0.790. The first-order valence-corrected chi connectivity index (χ1v) is 3.56. The first kappa shape index (κ1) is 7.32. The van der Waals surface area contributed by atoms with Gasteiger partial charge in [0.2, 0.25) is 0 Å². The third-order valence-electron chi connectivity index (χ3n) is 1.57. The lowest BCUT2D eigenvalue weighted by Crippen LogP contribution is -2.00. The molecule has 1 radical (unpaired) electrons. The van der Waals surface area contributed by atoms with Crippen LogP contribution in [0.15, 0.2) is 0 Å². The Morgan fingerprint density at radius 2 is 2.00 bits per heavy atom. The summed E-state index contributed by atoms with van der Waals surface area (Å²) in [5, 5.41) is 4.27. The number of hydrogen-bond donors (Lipinski definition) is 0. The number of nitrogens with zero attached hydrogens (tertiary/aromatic N) is 2. The summed E-state index contributed by atoms with van der Waals surface area (Å²) in [5.74, 6) is 0. The molecule has 1 heterocycles. The quantitative estimate of drug-likeness (QED) is 0.578. The molecule has 0 saturated heterocycles. The molecule has 0 saturated carbocycles. The standard InChI is InChI=1S/C8H13N2/c1-6(2)10-5-7(3)8(4)9-10/h6H,1-4H3. The largest absolute Gasteiger partial charge is 0.260 e. The highest BCUT2D eigenvalue weighted by Crippen LogP contribution is 2.07. The maximum Gasteiger partial charge on any atom is 0.0901 e. The maximum absolute atomic E-state index is 4.27. The summed E-state index contributed by atoms with van der Waals surface area (Å²) in [6, 6.07) is 0.424. The van der Waals surface area contributed by atoms with Crippen molar-refractivity contribution in [2.75, 3.05) is 0 Å². The van der Waals surface area contributed by atoms with E-state index in [1.165, 1.54) is 0 Å². The molecule has 0 aliphatic rings. The molecule has 55 valence electrons. The molecule has 2 nitrogen and oxygen atoms in total. The van der Waals surface area contributed by atoms with E-state index in [-0.39, 0.29) is 0 Å². The number of hydrogen-bond acceptors (Lipinski definition) is 1. The van der Waals surface area contributed by atoms with Crippen LogP contribution in [0.2, 0.25) is 0 Å². The van der Waals surface area contributed by atoms with Gasteiger partial charge in [-0.15, -0.1) is 0 Å². The lowest BCUT2D eigenvalue weighted by Gasteiger charge is -2.01. The Morgan fingerprint density at radius 3 is 2.20 bits per heavy atom. The smallest absolute Gasteiger partial charge is 0.0901 e. The second-order valence-electron chi connectivity index (χ2n) is 2.86. The molecule has 10 heavy (non-hydrogen) atoms. The molecular weight excluding hydrogens is 124 g/mol. The van der Waals surface area contributed by atoms with E-state index in [0.29, 0.717) is 6.04 Å². The van der Waals surface area contributed by atoms with Gasteiger partial charge in [0.05, 0.1) is 11.9 Å². The Bertz CT molecular complexity index is 204. The topological polar surface area (TPSA) is 17.8 Å². The summed E-state index contributed by atoms with van der Waals surface area (Å²) >= 11 is 0. The zero-order chi connectivity index (χ0) is 7.72. The molecule has 0 unspecified atom stereocenters. The van der Waals surface area contributed by atoms with Gasteiger partial charge in [-0.1, -0.05) is 0 Å². The highest BCUT2D eigenvalue weighted by atomic mass is 15.3. The second kappa shape index (κ2) is 2.45. The molecule has 2 heteroatoms. The van der Waals surface area contributed by atoms with E-state index >= 15 is 0 Å². The van der Waals surface area contributed by atoms with Gasteiger partial charge in [0.15, 0.2) is 0 Å². The minimum atomic E-state index is 0.424. The van der Waals surface area contributed by atoms with Crippen LogP contribution in [0.1, 0.15) is 31.1 Å². The first-order chi connectivity index (χ1) is 4.61. The van der Waals surface area contributed by atoms with E-state index in [1.807, 2.05) is 18.5 Å². The maximum atomic E-state index is 4.27. The number of aromatic nitrogens is 2. The SMILES string of the molecule is Cc1[c]n(C(C)C)nc1C. The van der Waals surface area contributed by atoms with Gasteiger partial charge in [-0.25, -0.2) is 0 Å². The zero-order valence-corrected chi connectivity index (χ0v) is 6.97. The Morgan fingerprint density at radius 1 is 1.40 bits per heavy atom. The van der Waals surface area contributed by atoms with Gasteiger partial charge in [0, 0.05) is 6.04 Å².